The first-order valence-electron chi connectivity index (χ1n) is 23.2. The van der Waals surface area contributed by atoms with E-state index < -0.39 is 7.25 Å². The molecule has 6 rings (SSSR count). The summed E-state index contributed by atoms with van der Waals surface area (Å²) in [6.07, 6.45) is 9.37. The quantitative estimate of drug-likeness (QED) is 0.0861. The van der Waals surface area contributed by atoms with Gasteiger partial charge in [0.15, 0.2) is 0 Å². The summed E-state index contributed by atoms with van der Waals surface area (Å²) >= 11 is 2.05. The van der Waals surface area contributed by atoms with Gasteiger partial charge in [-0.15, -0.1) is 0 Å². The van der Waals surface area contributed by atoms with Crippen LogP contribution >= 0.6 is 0 Å². The average molecular weight is 928 g/mol. The van der Waals surface area contributed by atoms with Crippen LogP contribution in [0.2, 0.25) is 0 Å². The molecule has 0 radical (unpaired) electrons. The second-order valence-electron chi connectivity index (χ2n) is 19.5. The Morgan fingerprint density at radius 1 is 0.312 bits per heavy atom. The number of aromatic nitrogens is 4. The van der Waals surface area contributed by atoms with Crippen LogP contribution in [0.3, 0.4) is 0 Å². The first-order chi connectivity index (χ1) is 30.0. The van der Waals surface area contributed by atoms with Crippen molar-refractivity contribution in [2.24, 2.45) is 0 Å². The van der Waals surface area contributed by atoms with Crippen molar-refractivity contribution < 1.29 is 31.3 Å². The zero-order chi connectivity index (χ0) is 47.5. The number of hydrogen-bond acceptors (Lipinski definition) is 0. The summed E-state index contributed by atoms with van der Waals surface area (Å²) in [5, 5.41) is 0. The monoisotopic (exact) mass is 927 g/mol. The minimum Gasteiger partial charge on any atom is -0.418 e. The predicted molar refractivity (Wildman–Crippen MR) is 260 cm³/mol. The third-order valence-electron chi connectivity index (χ3n) is 11.9. The summed E-state index contributed by atoms with van der Waals surface area (Å²) in [5.41, 5.74) is 16.1. The van der Waals surface area contributed by atoms with Crippen LogP contribution in [-0.4, -0.2) is 25.5 Å². The maximum atomic E-state index is 9.75. The number of para-hydroxylation sites is 4. The van der Waals surface area contributed by atoms with E-state index in [1.807, 2.05) is 0 Å². The Hall–Kier alpha value is -4.40. The maximum absolute atomic E-state index is 9.75. The standard InChI is InChI=1S/2C27H36N2.BF4.Cu/c2*1-18(2)22-11-9-12-23(19(3)4)26(22)28-15-16-29(17-28)27-24(20(5)6)13-10-14-25(27)21(7)8;2-1(3,4)5;/h2*9-16,18-21H,1-8H3;;/q;;-1;. The molecule has 0 atom stereocenters. The van der Waals surface area contributed by atoms with Crippen LogP contribution < -0.4 is 0 Å². The van der Waals surface area contributed by atoms with Crippen molar-refractivity contribution in [1.82, 2.24) is 18.3 Å². The van der Waals surface area contributed by atoms with Crippen molar-refractivity contribution in [3.05, 3.63) is 151 Å². The molecule has 0 N–H and O–H groups in total. The van der Waals surface area contributed by atoms with Crippen molar-refractivity contribution in [2.75, 3.05) is 0 Å². The van der Waals surface area contributed by atoms with Gasteiger partial charge in [0.25, 0.3) is 0 Å². The molecule has 0 bridgehead atoms. The van der Waals surface area contributed by atoms with Gasteiger partial charge < -0.3 is 17.3 Å². The van der Waals surface area contributed by atoms with Gasteiger partial charge >= 0.3 is 371 Å². The molecule has 4 aromatic carbocycles. The van der Waals surface area contributed by atoms with Gasteiger partial charge in [0.2, 0.25) is 0 Å². The number of imidazole rings is 2. The van der Waals surface area contributed by atoms with Crippen molar-refractivity contribution in [3.63, 3.8) is 0 Å². The van der Waals surface area contributed by atoms with Crippen molar-refractivity contribution >= 4 is 7.25 Å². The van der Waals surface area contributed by atoms with E-state index in [1.54, 1.807) is 0 Å². The number of halogens is 4. The molecule has 0 aliphatic heterocycles. The number of hydrogen-bond donors (Lipinski definition) is 0. The van der Waals surface area contributed by atoms with Crippen molar-refractivity contribution in [2.45, 2.75) is 158 Å². The van der Waals surface area contributed by atoms with Crippen LogP contribution in [0, 0.1) is 8.65 Å². The van der Waals surface area contributed by atoms with Crippen LogP contribution in [-0.2, 0) is 14.1 Å². The van der Waals surface area contributed by atoms with E-state index in [9.17, 15) is 17.3 Å². The zero-order valence-electron chi connectivity index (χ0n) is 41.0. The Kier molecular flexibility index (Phi) is 16.5. The Labute approximate surface area is 386 Å². The molecule has 2 heterocycles. The largest absolute Gasteiger partial charge is 0.673 e. The minimum absolute atomic E-state index is 0.345. The maximum Gasteiger partial charge on any atom is 0.673 e. The molecule has 10 heteroatoms. The van der Waals surface area contributed by atoms with E-state index in [0.717, 1.165) is 8.65 Å². The summed E-state index contributed by atoms with van der Waals surface area (Å²) in [5.74, 6) is 2.76. The molecule has 0 amide bonds. The van der Waals surface area contributed by atoms with Crippen LogP contribution in [0.4, 0.5) is 17.3 Å². The molecule has 0 aliphatic rings. The van der Waals surface area contributed by atoms with E-state index in [4.69, 9.17) is 0 Å². The molecule has 0 aliphatic carbocycles. The van der Waals surface area contributed by atoms with Crippen molar-refractivity contribution in [1.29, 1.82) is 0 Å². The Balaban J connectivity index is 0.00000146. The Bertz CT molecular complexity index is 2240. The SMILES string of the molecule is CC(C)c1cccc(C(C)C)c1-n1ccn(-c2c(C(C)C)cccc2C(C)C)[c]1=[Cu]=[c]1n(-c2c(C(C)C)cccc2C(C)C)ccn1-c1c(C(C)C)cccc1C(C)C.F[B-](F)(F)F. The summed E-state index contributed by atoms with van der Waals surface area (Å²) in [6, 6.07) is 27.8. The third kappa shape index (κ3) is 11.0. The Morgan fingerprint density at radius 3 is 0.578 bits per heavy atom. The van der Waals surface area contributed by atoms with E-state index in [0.29, 0.717) is 47.3 Å². The summed E-state index contributed by atoms with van der Waals surface area (Å²) in [6.45, 7) is 37.4. The fourth-order valence-electron chi connectivity index (χ4n) is 8.72. The van der Waals surface area contributed by atoms with Gasteiger partial charge in [-0.05, 0) is 0 Å². The van der Waals surface area contributed by atoms with Gasteiger partial charge in [-0.2, -0.15) is 0 Å². The molecule has 351 valence electrons. The smallest absolute Gasteiger partial charge is 0.418 e. The van der Waals surface area contributed by atoms with Gasteiger partial charge in [0.05, 0.1) is 0 Å². The predicted octanol–water partition coefficient (Wildman–Crippen LogP) is 17.0. The van der Waals surface area contributed by atoms with Gasteiger partial charge in [-0.3, -0.25) is 0 Å². The number of rotatable bonds is 12. The molecular weight excluding hydrogens is 855 g/mol. The van der Waals surface area contributed by atoms with Gasteiger partial charge in [0.1, 0.15) is 0 Å². The number of nitrogens with zero attached hydrogens (tertiary/aromatic N) is 4. The molecule has 0 saturated carbocycles. The molecule has 0 saturated heterocycles. The Morgan fingerprint density at radius 2 is 0.453 bits per heavy atom. The molecule has 0 unspecified atom stereocenters. The zero-order valence-corrected chi connectivity index (χ0v) is 42.0. The first-order valence-corrected chi connectivity index (χ1v) is 24.1. The van der Waals surface area contributed by atoms with Crippen LogP contribution in [0.15, 0.2) is 97.6 Å². The average Bonchev–Trinajstić information content (AvgIpc) is 3.82. The molecule has 0 fully saturated rings. The fraction of sp³-hybridized carbons (Fsp3) is 0.444. The normalized spacial score (nSPS) is 12.4. The van der Waals surface area contributed by atoms with Gasteiger partial charge in [0, 0.05) is 0 Å². The van der Waals surface area contributed by atoms with E-state index in [2.05, 4.69) is 241 Å². The molecule has 4 nitrogen and oxygen atoms in total. The minimum atomic E-state index is -6.00. The molecule has 2 aromatic heterocycles. The molecule has 0 spiro atoms. The second kappa shape index (κ2) is 20.8. The van der Waals surface area contributed by atoms with Crippen LogP contribution in [0.5, 0.6) is 0 Å². The van der Waals surface area contributed by atoms with E-state index >= 15 is 0 Å². The second-order valence-corrected chi connectivity index (χ2v) is 20.6. The third-order valence-corrected chi connectivity index (χ3v) is 13.2. The summed E-state index contributed by atoms with van der Waals surface area (Å²) in [4.78, 5) is 0. The molecule has 64 heavy (non-hydrogen) atoms. The molecule has 6 aromatic rings. The van der Waals surface area contributed by atoms with E-state index in [-0.39, 0.29) is 0 Å². The van der Waals surface area contributed by atoms with Crippen LogP contribution in [0.25, 0.3) is 22.7 Å². The molecular formula is C54H72BCuF4N4-. The number of benzene rings is 4. The topological polar surface area (TPSA) is 19.7 Å². The van der Waals surface area contributed by atoms with Crippen LogP contribution in [0.1, 0.15) is 203 Å². The summed E-state index contributed by atoms with van der Waals surface area (Å²) in [7, 11) is -6.00. The first kappa shape index (κ1) is 50.6. The van der Waals surface area contributed by atoms with E-state index in [1.165, 1.54) is 67.3 Å². The fourth-order valence-corrected chi connectivity index (χ4v) is 10.1. The van der Waals surface area contributed by atoms with Gasteiger partial charge in [-0.1, -0.05) is 0 Å². The summed E-state index contributed by atoms with van der Waals surface area (Å²) < 4.78 is 51.4. The van der Waals surface area contributed by atoms with Crippen molar-refractivity contribution in [3.8, 4) is 22.7 Å². The van der Waals surface area contributed by atoms with Gasteiger partial charge in [-0.25, -0.2) is 0 Å².